The summed E-state index contributed by atoms with van der Waals surface area (Å²) in [4.78, 5) is 4.25. The summed E-state index contributed by atoms with van der Waals surface area (Å²) in [7, 11) is 0. The molecule has 0 aliphatic heterocycles. The monoisotopic (exact) mass is 270 g/mol. The van der Waals surface area contributed by atoms with E-state index in [9.17, 15) is 0 Å². The first kappa shape index (κ1) is 12.8. The van der Waals surface area contributed by atoms with Gasteiger partial charge in [0.15, 0.2) is 0 Å². The lowest BCUT2D eigenvalue weighted by molar-refractivity contribution is -0.0887. The highest BCUT2D eigenvalue weighted by molar-refractivity contribution is 5.16. The number of aromatic nitrogens is 1. The van der Waals surface area contributed by atoms with Crippen molar-refractivity contribution in [2.75, 3.05) is 0 Å². The van der Waals surface area contributed by atoms with Gasteiger partial charge in [-0.1, -0.05) is 13.0 Å². The molecule has 0 radical (unpaired) electrons. The van der Waals surface area contributed by atoms with Crippen LogP contribution in [0.5, 0.6) is 0 Å². The molecule has 2 heteroatoms. The molecule has 1 heterocycles. The first-order valence-corrected chi connectivity index (χ1v) is 8.32. The van der Waals surface area contributed by atoms with E-state index in [2.05, 4.69) is 18.0 Å². The second kappa shape index (κ2) is 4.56. The van der Waals surface area contributed by atoms with Crippen molar-refractivity contribution in [3.05, 3.63) is 30.1 Å². The predicted molar refractivity (Wildman–Crippen MR) is 80.9 cm³/mol. The largest absolute Gasteiger partial charge is 0.324 e. The minimum atomic E-state index is 0.153. The highest BCUT2D eigenvalue weighted by Crippen LogP contribution is 2.63. The third kappa shape index (κ3) is 1.92. The van der Waals surface area contributed by atoms with E-state index in [1.54, 1.807) is 0 Å². The molecule has 4 aliphatic carbocycles. The molecular weight excluding hydrogens is 244 g/mol. The lowest BCUT2D eigenvalue weighted by Crippen LogP contribution is -2.51. The lowest BCUT2D eigenvalue weighted by Gasteiger charge is -2.60. The van der Waals surface area contributed by atoms with E-state index in [1.165, 1.54) is 44.1 Å². The Labute approximate surface area is 122 Å². The minimum Gasteiger partial charge on any atom is -0.324 e. The number of nitrogens with two attached hydrogens (primary N) is 1. The van der Waals surface area contributed by atoms with Crippen LogP contribution < -0.4 is 5.73 Å². The average Bonchev–Trinajstić information content (AvgIpc) is 2.45. The Morgan fingerprint density at radius 3 is 2.25 bits per heavy atom. The summed E-state index contributed by atoms with van der Waals surface area (Å²) in [5.41, 5.74) is 8.37. The fourth-order valence-corrected chi connectivity index (χ4v) is 5.98. The van der Waals surface area contributed by atoms with Crippen molar-refractivity contribution in [3.63, 3.8) is 0 Å². The van der Waals surface area contributed by atoms with E-state index in [4.69, 9.17) is 5.73 Å². The quantitative estimate of drug-likeness (QED) is 0.903. The Kier molecular flexibility index (Phi) is 2.92. The molecule has 4 saturated carbocycles. The smallest absolute Gasteiger partial charge is 0.0341 e. The summed E-state index contributed by atoms with van der Waals surface area (Å²) in [5, 5.41) is 0. The Morgan fingerprint density at radius 2 is 1.75 bits per heavy atom. The van der Waals surface area contributed by atoms with E-state index in [0.29, 0.717) is 11.3 Å². The van der Waals surface area contributed by atoms with E-state index in [1.807, 2.05) is 18.5 Å². The van der Waals surface area contributed by atoms with E-state index in [-0.39, 0.29) is 6.04 Å². The number of pyridine rings is 1. The molecule has 4 bridgehead atoms. The van der Waals surface area contributed by atoms with Gasteiger partial charge in [-0.2, -0.15) is 0 Å². The molecule has 5 rings (SSSR count). The highest BCUT2D eigenvalue weighted by Gasteiger charge is 2.53. The van der Waals surface area contributed by atoms with Gasteiger partial charge >= 0.3 is 0 Å². The van der Waals surface area contributed by atoms with Crippen LogP contribution in [-0.4, -0.2) is 4.98 Å². The summed E-state index contributed by atoms with van der Waals surface area (Å²) in [6.45, 7) is 2.41. The Hall–Kier alpha value is -0.890. The molecule has 0 saturated heterocycles. The summed E-state index contributed by atoms with van der Waals surface area (Å²) in [6.07, 6.45) is 12.6. The molecule has 108 valence electrons. The molecule has 4 fully saturated rings. The van der Waals surface area contributed by atoms with Crippen molar-refractivity contribution >= 4 is 0 Å². The Balaban J connectivity index is 1.60. The van der Waals surface area contributed by atoms with Crippen molar-refractivity contribution in [2.24, 2.45) is 34.8 Å². The number of rotatable bonds is 3. The van der Waals surface area contributed by atoms with Crippen LogP contribution in [0.1, 0.15) is 57.1 Å². The van der Waals surface area contributed by atoms with Crippen molar-refractivity contribution < 1.29 is 0 Å². The van der Waals surface area contributed by atoms with Crippen LogP contribution in [-0.2, 0) is 0 Å². The molecule has 2 unspecified atom stereocenters. The number of hydrogen-bond donors (Lipinski definition) is 1. The SMILES string of the molecule is CC(C(N)c1cccnc1)C12CC3CC(CC(C3)C1)C2. The van der Waals surface area contributed by atoms with Gasteiger partial charge in [0.25, 0.3) is 0 Å². The molecular formula is C18H26N2. The first-order valence-electron chi connectivity index (χ1n) is 8.32. The molecule has 2 N–H and O–H groups in total. The van der Waals surface area contributed by atoms with E-state index in [0.717, 1.165) is 17.8 Å². The minimum absolute atomic E-state index is 0.153. The van der Waals surface area contributed by atoms with Crippen molar-refractivity contribution in [1.82, 2.24) is 4.98 Å². The number of hydrogen-bond acceptors (Lipinski definition) is 2. The zero-order valence-electron chi connectivity index (χ0n) is 12.5. The standard InChI is InChI=1S/C18H26N2/c1-12(17(19)16-3-2-4-20-11-16)18-8-13-5-14(9-18)7-15(6-13)10-18/h2-4,11-15,17H,5-10,19H2,1H3. The summed E-state index contributed by atoms with van der Waals surface area (Å²) >= 11 is 0. The van der Waals surface area contributed by atoms with Gasteiger partial charge in [0, 0.05) is 18.4 Å². The van der Waals surface area contributed by atoms with Gasteiger partial charge in [0.05, 0.1) is 0 Å². The molecule has 1 aromatic heterocycles. The normalized spacial score (nSPS) is 41.6. The van der Waals surface area contributed by atoms with Crippen LogP contribution in [0.4, 0.5) is 0 Å². The Bertz CT molecular complexity index is 446. The second-order valence-corrected chi connectivity index (χ2v) is 7.88. The van der Waals surface area contributed by atoms with E-state index >= 15 is 0 Å². The van der Waals surface area contributed by atoms with Crippen LogP contribution >= 0.6 is 0 Å². The third-order valence-electron chi connectivity index (χ3n) is 6.66. The van der Waals surface area contributed by atoms with Gasteiger partial charge in [-0.3, -0.25) is 4.98 Å². The zero-order valence-corrected chi connectivity index (χ0v) is 12.5. The van der Waals surface area contributed by atoms with Gasteiger partial charge in [-0.15, -0.1) is 0 Å². The van der Waals surface area contributed by atoms with Gasteiger partial charge in [0.1, 0.15) is 0 Å². The van der Waals surface area contributed by atoms with Crippen molar-refractivity contribution in [1.29, 1.82) is 0 Å². The van der Waals surface area contributed by atoms with Crippen molar-refractivity contribution in [2.45, 2.75) is 51.5 Å². The van der Waals surface area contributed by atoms with E-state index < -0.39 is 0 Å². The summed E-state index contributed by atoms with van der Waals surface area (Å²) in [5.74, 6) is 3.60. The molecule has 20 heavy (non-hydrogen) atoms. The number of nitrogens with zero attached hydrogens (tertiary/aromatic N) is 1. The first-order chi connectivity index (χ1) is 9.66. The molecule has 0 amide bonds. The molecule has 0 aromatic carbocycles. The van der Waals surface area contributed by atoms with Gasteiger partial charge in [-0.05, 0) is 79.2 Å². The predicted octanol–water partition coefficient (Wildman–Crippen LogP) is 3.93. The molecule has 4 aliphatic rings. The van der Waals surface area contributed by atoms with Gasteiger partial charge in [-0.25, -0.2) is 0 Å². The van der Waals surface area contributed by atoms with Gasteiger partial charge in [0.2, 0.25) is 0 Å². The summed E-state index contributed by atoms with van der Waals surface area (Å²) in [6, 6.07) is 4.32. The van der Waals surface area contributed by atoms with Crippen LogP contribution in [0.2, 0.25) is 0 Å². The fourth-order valence-electron chi connectivity index (χ4n) is 5.98. The molecule has 1 aromatic rings. The lowest BCUT2D eigenvalue weighted by atomic mass is 9.46. The van der Waals surface area contributed by atoms with Gasteiger partial charge < -0.3 is 5.73 Å². The van der Waals surface area contributed by atoms with Crippen LogP contribution in [0.25, 0.3) is 0 Å². The second-order valence-electron chi connectivity index (χ2n) is 7.88. The Morgan fingerprint density at radius 1 is 1.15 bits per heavy atom. The average molecular weight is 270 g/mol. The highest BCUT2D eigenvalue weighted by atomic mass is 14.7. The van der Waals surface area contributed by atoms with Crippen LogP contribution in [0.3, 0.4) is 0 Å². The fraction of sp³-hybridized carbons (Fsp3) is 0.722. The maximum atomic E-state index is 6.62. The maximum Gasteiger partial charge on any atom is 0.0341 e. The third-order valence-corrected chi connectivity index (χ3v) is 6.66. The topological polar surface area (TPSA) is 38.9 Å². The van der Waals surface area contributed by atoms with Crippen LogP contribution in [0, 0.1) is 29.1 Å². The maximum absolute atomic E-state index is 6.62. The van der Waals surface area contributed by atoms with Crippen molar-refractivity contribution in [3.8, 4) is 0 Å². The zero-order chi connectivity index (χ0) is 13.7. The molecule has 2 nitrogen and oxygen atoms in total. The van der Waals surface area contributed by atoms with Crippen LogP contribution in [0.15, 0.2) is 24.5 Å². The molecule has 2 atom stereocenters. The molecule has 0 spiro atoms. The summed E-state index contributed by atoms with van der Waals surface area (Å²) < 4.78 is 0.